The molecular weight excluding hydrogens is 184 g/mol. The lowest BCUT2D eigenvalue weighted by Crippen LogP contribution is -2.30. The van der Waals surface area contributed by atoms with E-state index in [0.717, 1.165) is 11.1 Å². The van der Waals surface area contributed by atoms with Gasteiger partial charge in [0.1, 0.15) is 0 Å². The fourth-order valence-electron chi connectivity index (χ4n) is 1.88. The number of pyridine rings is 1. The Morgan fingerprint density at radius 1 is 1.13 bits per heavy atom. The molecule has 0 amide bonds. The molecule has 2 heteroatoms. The summed E-state index contributed by atoms with van der Waals surface area (Å²) in [6, 6.07) is 8.28. The van der Waals surface area contributed by atoms with Crippen LogP contribution in [0.3, 0.4) is 0 Å². The normalized spacial score (nSPS) is 12.0. The number of hydrogen-bond acceptors (Lipinski definition) is 2. The van der Waals surface area contributed by atoms with E-state index in [-0.39, 0.29) is 0 Å². The summed E-state index contributed by atoms with van der Waals surface area (Å²) in [5.41, 5.74) is 7.94. The predicted octanol–water partition coefficient (Wildman–Crippen LogP) is 2.74. The van der Waals surface area contributed by atoms with Gasteiger partial charge in [0.2, 0.25) is 0 Å². The molecule has 0 aliphatic heterocycles. The van der Waals surface area contributed by atoms with Gasteiger partial charge in [-0.2, -0.15) is 0 Å². The van der Waals surface area contributed by atoms with Crippen LogP contribution < -0.4 is 5.73 Å². The van der Waals surface area contributed by atoms with Crippen molar-refractivity contribution in [3.05, 3.63) is 41.7 Å². The molecule has 2 rings (SSSR count). The van der Waals surface area contributed by atoms with E-state index in [2.05, 4.69) is 30.1 Å². The Balaban J connectivity index is 2.83. The minimum Gasteiger partial charge on any atom is -0.321 e. The maximum Gasteiger partial charge on any atom is 0.0675 e. The molecule has 0 radical (unpaired) electrons. The number of rotatable bonds is 1. The van der Waals surface area contributed by atoms with E-state index in [1.165, 1.54) is 10.9 Å². The fourth-order valence-corrected chi connectivity index (χ4v) is 1.88. The highest BCUT2D eigenvalue weighted by Crippen LogP contribution is 2.26. The zero-order valence-electron chi connectivity index (χ0n) is 9.41. The zero-order chi connectivity index (χ0) is 11.1. The average molecular weight is 200 g/mol. The van der Waals surface area contributed by atoms with Crippen LogP contribution in [0.2, 0.25) is 0 Å². The number of nitrogens with two attached hydrogens (primary N) is 1. The topological polar surface area (TPSA) is 38.9 Å². The van der Waals surface area contributed by atoms with Gasteiger partial charge < -0.3 is 5.73 Å². The Hall–Kier alpha value is -1.41. The van der Waals surface area contributed by atoms with Crippen molar-refractivity contribution >= 4 is 10.8 Å². The third-order valence-corrected chi connectivity index (χ3v) is 2.63. The van der Waals surface area contributed by atoms with E-state index in [1.807, 2.05) is 26.1 Å². The molecule has 0 spiro atoms. The largest absolute Gasteiger partial charge is 0.321 e. The molecule has 0 saturated carbocycles. The van der Waals surface area contributed by atoms with Crippen molar-refractivity contribution in [2.75, 3.05) is 0 Å². The van der Waals surface area contributed by atoms with Crippen molar-refractivity contribution < 1.29 is 0 Å². The third-order valence-electron chi connectivity index (χ3n) is 2.63. The minimum absolute atomic E-state index is 0.396. The number of fused-ring (bicyclic) bond motifs is 1. The number of benzene rings is 1. The quantitative estimate of drug-likeness (QED) is 0.768. The van der Waals surface area contributed by atoms with Crippen LogP contribution in [-0.2, 0) is 5.54 Å². The first-order valence-corrected chi connectivity index (χ1v) is 5.14. The van der Waals surface area contributed by atoms with Crippen LogP contribution in [-0.4, -0.2) is 4.98 Å². The van der Waals surface area contributed by atoms with Crippen LogP contribution in [0, 0.1) is 6.92 Å². The number of hydrogen-bond donors (Lipinski definition) is 1. The fraction of sp³-hybridized carbons (Fsp3) is 0.308. The monoisotopic (exact) mass is 200 g/mol. The number of aromatic nitrogens is 1. The van der Waals surface area contributed by atoms with Gasteiger partial charge >= 0.3 is 0 Å². The van der Waals surface area contributed by atoms with Gasteiger partial charge in [-0.15, -0.1) is 0 Å². The summed E-state index contributed by atoms with van der Waals surface area (Å²) in [4.78, 5) is 4.39. The molecule has 0 atom stereocenters. The van der Waals surface area contributed by atoms with Crippen LogP contribution in [0.5, 0.6) is 0 Å². The Morgan fingerprint density at radius 2 is 1.87 bits per heavy atom. The lowest BCUT2D eigenvalue weighted by atomic mass is 9.95. The summed E-state index contributed by atoms with van der Waals surface area (Å²) in [6.07, 6.45) is 1.83. The molecule has 0 aliphatic rings. The van der Waals surface area contributed by atoms with Crippen molar-refractivity contribution in [1.29, 1.82) is 0 Å². The van der Waals surface area contributed by atoms with E-state index in [1.54, 1.807) is 0 Å². The zero-order valence-corrected chi connectivity index (χ0v) is 9.41. The molecule has 2 aromatic rings. The van der Waals surface area contributed by atoms with Crippen LogP contribution >= 0.6 is 0 Å². The van der Waals surface area contributed by atoms with Crippen LogP contribution in [0.1, 0.15) is 25.1 Å². The first-order valence-electron chi connectivity index (χ1n) is 5.14. The highest BCUT2D eigenvalue weighted by atomic mass is 14.8. The molecule has 2 nitrogen and oxygen atoms in total. The van der Waals surface area contributed by atoms with Crippen molar-refractivity contribution in [3.8, 4) is 0 Å². The Kier molecular flexibility index (Phi) is 2.24. The summed E-state index contributed by atoms with van der Waals surface area (Å²) >= 11 is 0. The van der Waals surface area contributed by atoms with E-state index >= 15 is 0 Å². The lowest BCUT2D eigenvalue weighted by Gasteiger charge is -2.20. The minimum atomic E-state index is -0.396. The Morgan fingerprint density at radius 3 is 2.53 bits per heavy atom. The first kappa shape index (κ1) is 10.1. The molecule has 15 heavy (non-hydrogen) atoms. The van der Waals surface area contributed by atoms with Gasteiger partial charge in [-0.3, -0.25) is 4.98 Å². The molecule has 78 valence electrons. The van der Waals surface area contributed by atoms with Crippen molar-refractivity contribution in [3.63, 3.8) is 0 Å². The molecule has 0 saturated heterocycles. The SMILES string of the molecule is Cc1cccc2c(C(C)(C)N)nccc12. The van der Waals surface area contributed by atoms with Crippen LogP contribution in [0.4, 0.5) is 0 Å². The smallest absolute Gasteiger partial charge is 0.0675 e. The number of nitrogens with zero attached hydrogens (tertiary/aromatic N) is 1. The second kappa shape index (κ2) is 3.31. The molecule has 0 unspecified atom stereocenters. The van der Waals surface area contributed by atoms with Crippen molar-refractivity contribution in [2.45, 2.75) is 26.3 Å². The van der Waals surface area contributed by atoms with Crippen molar-refractivity contribution in [1.82, 2.24) is 4.98 Å². The summed E-state index contributed by atoms with van der Waals surface area (Å²) in [5, 5.41) is 2.39. The second-order valence-electron chi connectivity index (χ2n) is 4.55. The molecule has 1 aromatic carbocycles. The van der Waals surface area contributed by atoms with Gasteiger partial charge in [0, 0.05) is 11.6 Å². The third kappa shape index (κ3) is 1.73. The van der Waals surface area contributed by atoms with Crippen LogP contribution in [0.15, 0.2) is 30.5 Å². The van der Waals surface area contributed by atoms with Gasteiger partial charge in [0.05, 0.1) is 11.2 Å². The maximum absolute atomic E-state index is 6.11. The van der Waals surface area contributed by atoms with E-state index in [0.29, 0.717) is 0 Å². The molecule has 0 bridgehead atoms. The molecule has 0 fully saturated rings. The molecule has 0 aliphatic carbocycles. The number of aryl methyl sites for hydroxylation is 1. The second-order valence-corrected chi connectivity index (χ2v) is 4.55. The van der Waals surface area contributed by atoms with E-state index in [9.17, 15) is 0 Å². The average Bonchev–Trinajstić information content (AvgIpc) is 2.16. The molecular formula is C13H16N2. The summed E-state index contributed by atoms with van der Waals surface area (Å²) in [7, 11) is 0. The standard InChI is InChI=1S/C13H16N2/c1-9-5-4-6-11-10(9)7-8-15-12(11)13(2,3)14/h4-8H,14H2,1-3H3. The van der Waals surface area contributed by atoms with Gasteiger partial charge in [-0.05, 0) is 37.8 Å². The van der Waals surface area contributed by atoms with Crippen LogP contribution in [0.25, 0.3) is 10.8 Å². The Labute approximate surface area is 90.1 Å². The van der Waals surface area contributed by atoms with Gasteiger partial charge in [-0.25, -0.2) is 0 Å². The summed E-state index contributed by atoms with van der Waals surface area (Å²) in [6.45, 7) is 6.07. The van der Waals surface area contributed by atoms with Gasteiger partial charge in [-0.1, -0.05) is 18.2 Å². The predicted molar refractivity (Wildman–Crippen MR) is 63.7 cm³/mol. The highest BCUT2D eigenvalue weighted by Gasteiger charge is 2.18. The molecule has 1 heterocycles. The lowest BCUT2D eigenvalue weighted by molar-refractivity contribution is 0.541. The molecule has 2 N–H and O–H groups in total. The molecule has 1 aromatic heterocycles. The highest BCUT2D eigenvalue weighted by molar-refractivity contribution is 5.87. The van der Waals surface area contributed by atoms with E-state index in [4.69, 9.17) is 5.73 Å². The first-order chi connectivity index (χ1) is 7.00. The van der Waals surface area contributed by atoms with E-state index < -0.39 is 5.54 Å². The maximum atomic E-state index is 6.11. The Bertz CT molecular complexity index is 495. The van der Waals surface area contributed by atoms with Crippen molar-refractivity contribution in [2.24, 2.45) is 5.73 Å². The van der Waals surface area contributed by atoms with Gasteiger partial charge in [0.15, 0.2) is 0 Å². The summed E-state index contributed by atoms with van der Waals surface area (Å²) < 4.78 is 0. The summed E-state index contributed by atoms with van der Waals surface area (Å²) in [5.74, 6) is 0. The van der Waals surface area contributed by atoms with Gasteiger partial charge in [0.25, 0.3) is 0 Å².